The largest absolute Gasteiger partial charge is 0.349 e. The third-order valence-corrected chi connectivity index (χ3v) is 3.61. The van der Waals surface area contributed by atoms with Crippen molar-refractivity contribution in [1.29, 1.82) is 0 Å². The van der Waals surface area contributed by atoms with Gasteiger partial charge in [0.15, 0.2) is 0 Å². The molecular formula is C14H17N3. The number of benzene rings is 1. The molecule has 0 aliphatic carbocycles. The number of nitrogens with zero attached hydrogens (tertiary/aromatic N) is 2. The molecule has 88 valence electrons. The first-order chi connectivity index (χ1) is 8.24. The van der Waals surface area contributed by atoms with Crippen molar-refractivity contribution < 1.29 is 0 Å². The van der Waals surface area contributed by atoms with E-state index < -0.39 is 0 Å². The molecule has 0 bridgehead atoms. The summed E-state index contributed by atoms with van der Waals surface area (Å²) in [5, 5.41) is 3.49. The predicted molar refractivity (Wildman–Crippen MR) is 69.1 cm³/mol. The topological polar surface area (TPSA) is 29.9 Å². The van der Waals surface area contributed by atoms with Crippen molar-refractivity contribution in [3.05, 3.63) is 47.3 Å². The van der Waals surface area contributed by atoms with Gasteiger partial charge < -0.3 is 9.88 Å². The van der Waals surface area contributed by atoms with E-state index in [0.717, 1.165) is 18.9 Å². The number of aromatic nitrogens is 2. The summed E-state index contributed by atoms with van der Waals surface area (Å²) in [5.41, 5.74) is 4.08. The molecule has 3 nitrogen and oxygen atoms in total. The molecule has 3 heteroatoms. The number of anilines is 1. The Bertz CT molecular complexity index is 542. The SMILES string of the molecule is Cc1ccc(C2CCn3ccnc3N2)cc1C. The molecule has 1 aliphatic heterocycles. The van der Waals surface area contributed by atoms with E-state index in [1.807, 2.05) is 12.4 Å². The number of aryl methyl sites for hydroxylation is 3. The zero-order valence-electron chi connectivity index (χ0n) is 10.3. The van der Waals surface area contributed by atoms with Crippen LogP contribution in [-0.4, -0.2) is 9.55 Å². The van der Waals surface area contributed by atoms with Crippen LogP contribution in [0.1, 0.15) is 29.2 Å². The van der Waals surface area contributed by atoms with E-state index in [1.54, 1.807) is 0 Å². The minimum absolute atomic E-state index is 0.393. The minimum atomic E-state index is 0.393. The molecule has 1 aromatic carbocycles. The Morgan fingerprint density at radius 2 is 2.18 bits per heavy atom. The van der Waals surface area contributed by atoms with Crippen molar-refractivity contribution in [3.8, 4) is 0 Å². The van der Waals surface area contributed by atoms with E-state index in [9.17, 15) is 0 Å². The van der Waals surface area contributed by atoms with Gasteiger partial charge in [0.2, 0.25) is 5.95 Å². The second kappa shape index (κ2) is 3.91. The highest BCUT2D eigenvalue weighted by molar-refractivity contribution is 5.38. The highest BCUT2D eigenvalue weighted by Crippen LogP contribution is 2.28. The number of nitrogens with one attached hydrogen (secondary N) is 1. The van der Waals surface area contributed by atoms with E-state index in [2.05, 4.69) is 46.9 Å². The number of hydrogen-bond donors (Lipinski definition) is 1. The highest BCUT2D eigenvalue weighted by atomic mass is 15.2. The monoisotopic (exact) mass is 227 g/mol. The summed E-state index contributed by atoms with van der Waals surface area (Å²) in [6.07, 6.45) is 5.00. The first-order valence-corrected chi connectivity index (χ1v) is 6.09. The molecule has 1 aliphatic rings. The van der Waals surface area contributed by atoms with E-state index in [-0.39, 0.29) is 0 Å². The van der Waals surface area contributed by atoms with Gasteiger partial charge in [0.25, 0.3) is 0 Å². The van der Waals surface area contributed by atoms with Gasteiger partial charge in [0, 0.05) is 18.9 Å². The van der Waals surface area contributed by atoms with Crippen LogP contribution in [0.15, 0.2) is 30.6 Å². The van der Waals surface area contributed by atoms with E-state index >= 15 is 0 Å². The summed E-state index contributed by atoms with van der Waals surface area (Å²) in [4.78, 5) is 4.32. The van der Waals surface area contributed by atoms with Gasteiger partial charge in [-0.05, 0) is 37.0 Å². The van der Waals surface area contributed by atoms with Crippen LogP contribution in [0, 0.1) is 13.8 Å². The standard InChI is InChI=1S/C14H17N3/c1-10-3-4-12(9-11(10)2)13-5-7-17-8-6-15-14(17)16-13/h3-4,6,8-9,13H,5,7H2,1-2H3,(H,15,16). The fraction of sp³-hybridized carbons (Fsp3) is 0.357. The highest BCUT2D eigenvalue weighted by Gasteiger charge is 2.19. The molecule has 0 spiro atoms. The van der Waals surface area contributed by atoms with Crippen molar-refractivity contribution >= 4 is 5.95 Å². The zero-order chi connectivity index (χ0) is 11.8. The van der Waals surface area contributed by atoms with Gasteiger partial charge in [0.05, 0.1) is 6.04 Å². The maximum atomic E-state index is 4.32. The zero-order valence-corrected chi connectivity index (χ0v) is 10.3. The molecule has 1 atom stereocenters. The van der Waals surface area contributed by atoms with Crippen LogP contribution in [0.4, 0.5) is 5.95 Å². The molecule has 0 radical (unpaired) electrons. The number of rotatable bonds is 1. The average Bonchev–Trinajstić information content (AvgIpc) is 2.79. The summed E-state index contributed by atoms with van der Waals surface area (Å²) in [5.74, 6) is 0.986. The van der Waals surface area contributed by atoms with Gasteiger partial charge in [-0.25, -0.2) is 4.98 Å². The lowest BCUT2D eigenvalue weighted by atomic mass is 9.98. The fourth-order valence-electron chi connectivity index (χ4n) is 2.36. The minimum Gasteiger partial charge on any atom is -0.349 e. The Morgan fingerprint density at radius 3 is 3.00 bits per heavy atom. The van der Waals surface area contributed by atoms with Crippen molar-refractivity contribution in [2.75, 3.05) is 5.32 Å². The first-order valence-electron chi connectivity index (χ1n) is 6.09. The predicted octanol–water partition coefficient (Wildman–Crippen LogP) is 3.06. The van der Waals surface area contributed by atoms with Crippen molar-refractivity contribution in [2.45, 2.75) is 32.9 Å². The maximum Gasteiger partial charge on any atom is 0.203 e. The summed E-state index contributed by atoms with van der Waals surface area (Å²) in [6, 6.07) is 7.10. The van der Waals surface area contributed by atoms with Crippen LogP contribution in [0.3, 0.4) is 0 Å². The molecule has 0 saturated carbocycles. The first kappa shape index (κ1) is 10.4. The summed E-state index contributed by atoms with van der Waals surface area (Å²) in [7, 11) is 0. The average molecular weight is 227 g/mol. The second-order valence-electron chi connectivity index (χ2n) is 4.77. The molecule has 0 amide bonds. The Morgan fingerprint density at radius 1 is 1.29 bits per heavy atom. The Hall–Kier alpha value is -1.77. The van der Waals surface area contributed by atoms with Crippen molar-refractivity contribution in [2.24, 2.45) is 0 Å². The Balaban J connectivity index is 1.89. The van der Waals surface area contributed by atoms with Crippen LogP contribution in [0.2, 0.25) is 0 Å². The molecule has 17 heavy (non-hydrogen) atoms. The third kappa shape index (κ3) is 1.82. The molecular weight excluding hydrogens is 210 g/mol. The molecule has 3 rings (SSSR count). The normalized spacial score (nSPS) is 18.6. The lowest BCUT2D eigenvalue weighted by molar-refractivity contribution is 0.542. The quantitative estimate of drug-likeness (QED) is 0.811. The van der Waals surface area contributed by atoms with Gasteiger partial charge in [-0.1, -0.05) is 18.2 Å². The lowest BCUT2D eigenvalue weighted by Crippen LogP contribution is -2.21. The summed E-state index contributed by atoms with van der Waals surface area (Å²) < 4.78 is 2.16. The summed E-state index contributed by atoms with van der Waals surface area (Å²) >= 11 is 0. The van der Waals surface area contributed by atoms with Gasteiger partial charge in [-0.15, -0.1) is 0 Å². The van der Waals surface area contributed by atoms with Crippen LogP contribution in [0.5, 0.6) is 0 Å². The smallest absolute Gasteiger partial charge is 0.203 e. The molecule has 1 N–H and O–H groups in total. The molecule has 1 unspecified atom stereocenters. The number of imidazole rings is 1. The summed E-state index contributed by atoms with van der Waals surface area (Å²) in [6.45, 7) is 5.36. The lowest BCUT2D eigenvalue weighted by Gasteiger charge is -2.26. The molecule has 0 saturated heterocycles. The van der Waals surface area contributed by atoms with Crippen LogP contribution in [-0.2, 0) is 6.54 Å². The van der Waals surface area contributed by atoms with Crippen LogP contribution in [0.25, 0.3) is 0 Å². The van der Waals surface area contributed by atoms with E-state index in [0.29, 0.717) is 6.04 Å². The van der Waals surface area contributed by atoms with Gasteiger partial charge in [-0.3, -0.25) is 0 Å². The van der Waals surface area contributed by atoms with Gasteiger partial charge >= 0.3 is 0 Å². The maximum absolute atomic E-state index is 4.32. The van der Waals surface area contributed by atoms with Crippen molar-refractivity contribution in [3.63, 3.8) is 0 Å². The van der Waals surface area contributed by atoms with E-state index in [1.165, 1.54) is 16.7 Å². The molecule has 2 heterocycles. The Labute approximate surface area is 101 Å². The second-order valence-corrected chi connectivity index (χ2v) is 4.77. The molecule has 0 fully saturated rings. The third-order valence-electron chi connectivity index (χ3n) is 3.61. The van der Waals surface area contributed by atoms with E-state index in [4.69, 9.17) is 0 Å². The Kier molecular flexibility index (Phi) is 2.39. The van der Waals surface area contributed by atoms with Gasteiger partial charge in [-0.2, -0.15) is 0 Å². The molecule has 1 aromatic heterocycles. The van der Waals surface area contributed by atoms with Crippen molar-refractivity contribution in [1.82, 2.24) is 9.55 Å². The van der Waals surface area contributed by atoms with Crippen LogP contribution < -0.4 is 5.32 Å². The van der Waals surface area contributed by atoms with Crippen LogP contribution >= 0.6 is 0 Å². The van der Waals surface area contributed by atoms with Gasteiger partial charge in [0.1, 0.15) is 0 Å². The fourth-order valence-corrected chi connectivity index (χ4v) is 2.36. The number of fused-ring (bicyclic) bond motifs is 1. The molecule has 2 aromatic rings. The number of hydrogen-bond acceptors (Lipinski definition) is 2.